The van der Waals surface area contributed by atoms with Crippen LogP contribution in [0.4, 0.5) is 0 Å². The Morgan fingerprint density at radius 3 is 2.17 bits per heavy atom. The first-order valence-electron chi connectivity index (χ1n) is 9.60. The molecule has 1 atom stereocenters. The number of hydrogen-bond donors (Lipinski definition) is 1. The molecule has 0 fully saturated rings. The maximum Gasteiger partial charge on any atom is 0.261 e. The lowest BCUT2D eigenvalue weighted by Gasteiger charge is -2.28. The van der Waals surface area contributed by atoms with Crippen molar-refractivity contribution in [1.29, 1.82) is 0 Å². The van der Waals surface area contributed by atoms with Crippen molar-refractivity contribution in [1.82, 2.24) is 10.2 Å². The molecule has 0 radical (unpaired) electrons. The van der Waals surface area contributed by atoms with Gasteiger partial charge in [0.05, 0.1) is 0 Å². The van der Waals surface area contributed by atoms with E-state index >= 15 is 0 Å². The van der Waals surface area contributed by atoms with E-state index in [1.807, 2.05) is 36.4 Å². The summed E-state index contributed by atoms with van der Waals surface area (Å²) in [5.41, 5.74) is 2.12. The molecule has 2 amide bonds. The van der Waals surface area contributed by atoms with Gasteiger partial charge in [0.2, 0.25) is 5.91 Å². The number of amides is 2. The van der Waals surface area contributed by atoms with Gasteiger partial charge >= 0.3 is 0 Å². The van der Waals surface area contributed by atoms with Crippen molar-refractivity contribution in [2.75, 3.05) is 13.7 Å². The molecule has 0 saturated carbocycles. The highest BCUT2D eigenvalue weighted by atomic mass is 35.5. The van der Waals surface area contributed by atoms with Crippen LogP contribution < -0.4 is 10.1 Å². The Morgan fingerprint density at radius 1 is 1.07 bits per heavy atom. The Bertz CT molecular complexity index is 827. The molecule has 0 bridgehead atoms. The zero-order valence-electron chi connectivity index (χ0n) is 17.7. The van der Waals surface area contributed by atoms with Crippen LogP contribution in [0.15, 0.2) is 48.5 Å². The van der Waals surface area contributed by atoms with Crippen molar-refractivity contribution < 1.29 is 14.3 Å². The molecule has 0 aliphatic carbocycles. The number of benzene rings is 2. The Hall–Kier alpha value is -2.53. The van der Waals surface area contributed by atoms with Gasteiger partial charge in [0.25, 0.3) is 5.91 Å². The number of hydrogen-bond acceptors (Lipinski definition) is 3. The largest absolute Gasteiger partial charge is 0.484 e. The van der Waals surface area contributed by atoms with E-state index in [0.717, 1.165) is 5.56 Å². The normalized spacial score (nSPS) is 12.2. The standard InChI is InChI=1S/C23H29ClN2O3/c1-16(22(28)25-5)26(14-17-6-10-19(24)11-7-17)21(27)15-29-20-12-8-18(9-13-20)23(2,3)4/h6-13,16H,14-15H2,1-5H3,(H,25,28)/t16-/m0/s1. The number of nitrogens with one attached hydrogen (secondary N) is 1. The Kier molecular flexibility index (Phi) is 7.68. The van der Waals surface area contributed by atoms with Crippen molar-refractivity contribution in [3.05, 3.63) is 64.7 Å². The van der Waals surface area contributed by atoms with Crippen molar-refractivity contribution in [2.24, 2.45) is 0 Å². The molecule has 0 aliphatic heterocycles. The summed E-state index contributed by atoms with van der Waals surface area (Å²) in [7, 11) is 1.55. The molecule has 0 spiro atoms. The summed E-state index contributed by atoms with van der Waals surface area (Å²) in [5.74, 6) is 0.114. The molecule has 29 heavy (non-hydrogen) atoms. The topological polar surface area (TPSA) is 58.6 Å². The van der Waals surface area contributed by atoms with Crippen LogP contribution >= 0.6 is 11.6 Å². The van der Waals surface area contributed by atoms with Gasteiger partial charge in [0, 0.05) is 18.6 Å². The smallest absolute Gasteiger partial charge is 0.261 e. The van der Waals surface area contributed by atoms with Crippen molar-refractivity contribution in [3.8, 4) is 5.75 Å². The average molecular weight is 417 g/mol. The molecular weight excluding hydrogens is 388 g/mol. The molecule has 2 aromatic carbocycles. The summed E-state index contributed by atoms with van der Waals surface area (Å²) in [6.07, 6.45) is 0. The van der Waals surface area contributed by atoms with Crippen LogP contribution in [0.5, 0.6) is 5.75 Å². The monoisotopic (exact) mass is 416 g/mol. The van der Waals surface area contributed by atoms with Gasteiger partial charge in [-0.25, -0.2) is 0 Å². The van der Waals surface area contributed by atoms with E-state index in [0.29, 0.717) is 10.8 Å². The first-order valence-corrected chi connectivity index (χ1v) is 9.98. The molecule has 0 heterocycles. The molecule has 6 heteroatoms. The van der Waals surface area contributed by atoms with Gasteiger partial charge in [-0.3, -0.25) is 9.59 Å². The lowest BCUT2D eigenvalue weighted by atomic mass is 9.87. The zero-order valence-corrected chi connectivity index (χ0v) is 18.4. The minimum atomic E-state index is -0.630. The average Bonchev–Trinajstić information content (AvgIpc) is 2.70. The Labute approximate surface area is 178 Å². The van der Waals surface area contributed by atoms with Crippen LogP contribution in [0.3, 0.4) is 0 Å². The van der Waals surface area contributed by atoms with Gasteiger partial charge in [-0.05, 0) is 47.7 Å². The molecule has 156 valence electrons. The van der Waals surface area contributed by atoms with E-state index in [9.17, 15) is 9.59 Å². The fourth-order valence-electron chi connectivity index (χ4n) is 2.86. The second kappa shape index (κ2) is 9.79. The van der Waals surface area contributed by atoms with E-state index in [1.165, 1.54) is 10.5 Å². The van der Waals surface area contributed by atoms with E-state index in [-0.39, 0.29) is 30.4 Å². The number of halogens is 1. The maximum atomic E-state index is 12.9. The molecule has 0 saturated heterocycles. The Balaban J connectivity index is 2.10. The van der Waals surface area contributed by atoms with Gasteiger partial charge in [0.1, 0.15) is 11.8 Å². The molecule has 0 aromatic heterocycles. The van der Waals surface area contributed by atoms with Crippen LogP contribution in [0.2, 0.25) is 5.02 Å². The summed E-state index contributed by atoms with van der Waals surface area (Å²) < 4.78 is 5.69. The van der Waals surface area contributed by atoms with Gasteiger partial charge < -0.3 is 15.0 Å². The maximum absolute atomic E-state index is 12.9. The molecule has 2 rings (SSSR count). The van der Waals surface area contributed by atoms with E-state index in [1.54, 1.807) is 26.1 Å². The fraction of sp³-hybridized carbons (Fsp3) is 0.391. The third-order valence-corrected chi connectivity index (χ3v) is 5.01. The number of nitrogens with zero attached hydrogens (tertiary/aromatic N) is 1. The van der Waals surface area contributed by atoms with E-state index < -0.39 is 6.04 Å². The highest BCUT2D eigenvalue weighted by Crippen LogP contribution is 2.24. The van der Waals surface area contributed by atoms with Crippen LogP contribution in [0, 0.1) is 0 Å². The van der Waals surface area contributed by atoms with Gasteiger partial charge in [-0.2, -0.15) is 0 Å². The second-order valence-corrected chi connectivity index (χ2v) is 8.44. The van der Waals surface area contributed by atoms with Crippen LogP contribution in [-0.4, -0.2) is 36.4 Å². The van der Waals surface area contributed by atoms with Crippen molar-refractivity contribution in [3.63, 3.8) is 0 Å². The van der Waals surface area contributed by atoms with Crippen LogP contribution in [0.25, 0.3) is 0 Å². The minimum Gasteiger partial charge on any atom is -0.484 e. The predicted molar refractivity (Wildman–Crippen MR) is 116 cm³/mol. The summed E-state index contributed by atoms with van der Waals surface area (Å²) in [6, 6.07) is 14.3. The molecule has 2 aromatic rings. The number of rotatable bonds is 7. The Morgan fingerprint density at radius 2 is 1.66 bits per heavy atom. The van der Waals surface area contributed by atoms with Crippen LogP contribution in [0.1, 0.15) is 38.8 Å². The molecule has 0 aliphatic rings. The van der Waals surface area contributed by atoms with Crippen molar-refractivity contribution >= 4 is 23.4 Å². The number of carbonyl (C=O) groups is 2. The highest BCUT2D eigenvalue weighted by Gasteiger charge is 2.26. The minimum absolute atomic E-state index is 0.0483. The molecule has 0 unspecified atom stereocenters. The SMILES string of the molecule is CNC(=O)[C@H](C)N(Cc1ccc(Cl)cc1)C(=O)COc1ccc(C(C)(C)C)cc1. The highest BCUT2D eigenvalue weighted by molar-refractivity contribution is 6.30. The van der Waals surface area contributed by atoms with Crippen molar-refractivity contribution in [2.45, 2.75) is 45.7 Å². The fourth-order valence-corrected chi connectivity index (χ4v) is 2.98. The lowest BCUT2D eigenvalue weighted by Crippen LogP contribution is -2.48. The third-order valence-electron chi connectivity index (χ3n) is 4.76. The van der Waals surface area contributed by atoms with Gasteiger partial charge in [-0.15, -0.1) is 0 Å². The first kappa shape index (κ1) is 22.8. The predicted octanol–water partition coefficient (Wildman–Crippen LogP) is 4.18. The summed E-state index contributed by atoms with van der Waals surface area (Å²) >= 11 is 5.94. The number of likely N-dealkylation sites (N-methyl/N-ethyl adjacent to an activating group) is 1. The summed E-state index contributed by atoms with van der Waals surface area (Å²) in [6.45, 7) is 8.26. The summed E-state index contributed by atoms with van der Waals surface area (Å²) in [5, 5.41) is 3.21. The number of carbonyl (C=O) groups excluding carboxylic acids is 2. The van der Waals surface area contributed by atoms with E-state index in [4.69, 9.17) is 16.3 Å². The molecule has 1 N–H and O–H groups in total. The zero-order chi connectivity index (χ0) is 21.6. The van der Waals surface area contributed by atoms with Gasteiger partial charge in [-0.1, -0.05) is 56.6 Å². The molecule has 5 nitrogen and oxygen atoms in total. The van der Waals surface area contributed by atoms with Gasteiger partial charge in [0.15, 0.2) is 6.61 Å². The number of ether oxygens (including phenoxy) is 1. The summed E-state index contributed by atoms with van der Waals surface area (Å²) in [4.78, 5) is 26.5. The lowest BCUT2D eigenvalue weighted by molar-refractivity contribution is -0.142. The second-order valence-electron chi connectivity index (χ2n) is 8.00. The quantitative estimate of drug-likeness (QED) is 0.736. The van der Waals surface area contributed by atoms with Crippen LogP contribution in [-0.2, 0) is 21.5 Å². The third kappa shape index (κ3) is 6.50. The first-order chi connectivity index (χ1) is 13.6. The molecular formula is C23H29ClN2O3. The van der Waals surface area contributed by atoms with E-state index in [2.05, 4.69) is 26.1 Å².